The number of likely N-dealkylation sites (tertiary alicyclic amines) is 1. The van der Waals surface area contributed by atoms with Crippen molar-refractivity contribution in [3.05, 3.63) is 28.2 Å². The number of halogens is 2. The molecule has 0 radical (unpaired) electrons. The van der Waals surface area contributed by atoms with Crippen LogP contribution >= 0.6 is 23.2 Å². The smallest absolute Gasteiger partial charge is 0.317 e. The number of nitrogens with zero attached hydrogens (tertiary/aromatic N) is 2. The van der Waals surface area contributed by atoms with Crippen molar-refractivity contribution in [1.82, 2.24) is 9.80 Å². The molecule has 0 bridgehead atoms. The van der Waals surface area contributed by atoms with Crippen molar-refractivity contribution in [1.29, 1.82) is 0 Å². The van der Waals surface area contributed by atoms with Crippen LogP contribution in [-0.4, -0.2) is 65.5 Å². The highest BCUT2D eigenvalue weighted by Gasteiger charge is 2.29. The van der Waals surface area contributed by atoms with Crippen LogP contribution in [0.4, 0.5) is 5.69 Å². The van der Waals surface area contributed by atoms with Gasteiger partial charge in [-0.25, -0.2) is 0 Å². The molecular formula is C17H23Cl2N3O3. The van der Waals surface area contributed by atoms with E-state index < -0.39 is 5.97 Å². The SMILES string of the molecule is CC(C(=O)Nc1cc(Cl)ccc1Cl)N1CCC(N(C)CC(=O)O)CC1. The molecule has 1 unspecified atom stereocenters. The summed E-state index contributed by atoms with van der Waals surface area (Å²) in [7, 11) is 1.83. The second kappa shape index (κ2) is 8.85. The van der Waals surface area contributed by atoms with Crippen molar-refractivity contribution < 1.29 is 14.7 Å². The molecule has 0 aromatic heterocycles. The molecule has 0 spiro atoms. The summed E-state index contributed by atoms with van der Waals surface area (Å²) < 4.78 is 0. The molecule has 0 aliphatic carbocycles. The van der Waals surface area contributed by atoms with Crippen LogP contribution in [0.1, 0.15) is 19.8 Å². The summed E-state index contributed by atoms with van der Waals surface area (Å²) in [4.78, 5) is 27.3. The zero-order valence-corrected chi connectivity index (χ0v) is 15.8. The average molecular weight is 388 g/mol. The number of rotatable bonds is 6. The van der Waals surface area contributed by atoms with Crippen molar-refractivity contribution in [2.24, 2.45) is 0 Å². The third-order valence-corrected chi connectivity index (χ3v) is 5.19. The van der Waals surface area contributed by atoms with Crippen LogP contribution in [0.15, 0.2) is 18.2 Å². The maximum atomic E-state index is 12.5. The largest absolute Gasteiger partial charge is 0.480 e. The Morgan fingerprint density at radius 2 is 2.00 bits per heavy atom. The Hall–Kier alpha value is -1.34. The number of benzene rings is 1. The molecule has 1 fully saturated rings. The number of carbonyl (C=O) groups is 2. The van der Waals surface area contributed by atoms with Gasteiger partial charge in [0.05, 0.1) is 23.3 Å². The fraction of sp³-hybridized carbons (Fsp3) is 0.529. The van der Waals surface area contributed by atoms with Gasteiger partial charge < -0.3 is 10.4 Å². The Labute approximate surface area is 157 Å². The first-order valence-electron chi connectivity index (χ1n) is 8.20. The number of aliphatic carboxylic acids is 1. The monoisotopic (exact) mass is 387 g/mol. The minimum Gasteiger partial charge on any atom is -0.480 e. The van der Waals surface area contributed by atoms with Crippen molar-refractivity contribution >= 4 is 40.8 Å². The van der Waals surface area contributed by atoms with Gasteiger partial charge in [0.15, 0.2) is 0 Å². The maximum Gasteiger partial charge on any atom is 0.317 e. The van der Waals surface area contributed by atoms with Crippen LogP contribution in [0.5, 0.6) is 0 Å². The molecule has 2 rings (SSSR count). The van der Waals surface area contributed by atoms with Gasteiger partial charge in [0.25, 0.3) is 0 Å². The summed E-state index contributed by atoms with van der Waals surface area (Å²) in [6, 6.07) is 4.86. The molecule has 1 aliphatic rings. The number of piperidine rings is 1. The predicted molar refractivity (Wildman–Crippen MR) is 99.4 cm³/mol. The van der Waals surface area contributed by atoms with Gasteiger partial charge >= 0.3 is 5.97 Å². The molecule has 1 atom stereocenters. The van der Waals surface area contributed by atoms with Crippen LogP contribution in [0.3, 0.4) is 0 Å². The van der Waals surface area contributed by atoms with Crippen LogP contribution in [0.25, 0.3) is 0 Å². The highest BCUT2D eigenvalue weighted by Crippen LogP contribution is 2.26. The molecular weight excluding hydrogens is 365 g/mol. The Morgan fingerprint density at radius 3 is 2.60 bits per heavy atom. The highest BCUT2D eigenvalue weighted by atomic mass is 35.5. The van der Waals surface area contributed by atoms with Crippen LogP contribution in [0, 0.1) is 0 Å². The van der Waals surface area contributed by atoms with Gasteiger partial charge in [-0.15, -0.1) is 0 Å². The van der Waals surface area contributed by atoms with Crippen LogP contribution in [0.2, 0.25) is 10.0 Å². The Kier molecular flexibility index (Phi) is 7.07. The molecule has 6 nitrogen and oxygen atoms in total. The molecule has 1 heterocycles. The summed E-state index contributed by atoms with van der Waals surface area (Å²) in [6.07, 6.45) is 1.67. The van der Waals surface area contributed by atoms with Gasteiger partial charge in [0, 0.05) is 24.2 Å². The number of anilines is 1. The van der Waals surface area contributed by atoms with Crippen LogP contribution < -0.4 is 5.32 Å². The first-order valence-corrected chi connectivity index (χ1v) is 8.95. The second-order valence-corrected chi connectivity index (χ2v) is 7.21. The summed E-state index contributed by atoms with van der Waals surface area (Å²) >= 11 is 12.0. The minimum absolute atomic E-state index is 0.0357. The van der Waals surface area contributed by atoms with Gasteiger partial charge in [-0.1, -0.05) is 23.2 Å². The van der Waals surface area contributed by atoms with E-state index in [1.807, 2.05) is 18.9 Å². The van der Waals surface area contributed by atoms with Gasteiger partial charge in [-0.3, -0.25) is 19.4 Å². The first kappa shape index (κ1) is 20.0. The fourth-order valence-corrected chi connectivity index (χ4v) is 3.39. The molecule has 1 saturated heterocycles. The van der Waals surface area contributed by atoms with E-state index in [0.717, 1.165) is 25.9 Å². The molecule has 8 heteroatoms. The van der Waals surface area contributed by atoms with Crippen molar-refractivity contribution in [2.75, 3.05) is 32.0 Å². The van der Waals surface area contributed by atoms with Gasteiger partial charge in [0.2, 0.25) is 5.91 Å². The molecule has 1 aromatic rings. The zero-order chi connectivity index (χ0) is 18.6. The first-order chi connectivity index (χ1) is 11.8. The molecule has 1 aliphatic heterocycles. The number of hydrogen-bond acceptors (Lipinski definition) is 4. The van der Waals surface area contributed by atoms with E-state index in [-0.39, 0.29) is 24.5 Å². The lowest BCUT2D eigenvalue weighted by Gasteiger charge is -2.38. The minimum atomic E-state index is -0.823. The Balaban J connectivity index is 1.89. The standard InChI is InChI=1S/C17H23Cl2N3O3/c1-11(17(25)20-15-9-12(18)3-4-14(15)19)22-7-5-13(6-8-22)21(2)10-16(23)24/h3-4,9,11,13H,5-8,10H2,1-2H3,(H,20,25)(H,23,24). The van der Waals surface area contributed by atoms with Crippen molar-refractivity contribution in [2.45, 2.75) is 31.8 Å². The average Bonchev–Trinajstić information content (AvgIpc) is 2.57. The number of carbonyl (C=O) groups excluding carboxylic acids is 1. The van der Waals surface area contributed by atoms with E-state index in [2.05, 4.69) is 10.2 Å². The van der Waals surface area contributed by atoms with E-state index in [9.17, 15) is 9.59 Å². The van der Waals surface area contributed by atoms with Gasteiger partial charge in [-0.2, -0.15) is 0 Å². The summed E-state index contributed by atoms with van der Waals surface area (Å²) in [5, 5.41) is 12.7. The summed E-state index contributed by atoms with van der Waals surface area (Å²) in [5.41, 5.74) is 0.502. The van der Waals surface area contributed by atoms with E-state index in [1.165, 1.54) is 0 Å². The number of hydrogen-bond donors (Lipinski definition) is 2. The number of likely N-dealkylation sites (N-methyl/N-ethyl adjacent to an activating group) is 1. The van der Waals surface area contributed by atoms with E-state index in [0.29, 0.717) is 15.7 Å². The Morgan fingerprint density at radius 1 is 1.36 bits per heavy atom. The quantitative estimate of drug-likeness (QED) is 0.784. The van der Waals surface area contributed by atoms with Crippen LogP contribution in [-0.2, 0) is 9.59 Å². The molecule has 1 aromatic carbocycles. The van der Waals surface area contributed by atoms with Crippen molar-refractivity contribution in [3.8, 4) is 0 Å². The molecule has 25 heavy (non-hydrogen) atoms. The second-order valence-electron chi connectivity index (χ2n) is 6.37. The number of nitrogens with one attached hydrogen (secondary N) is 1. The maximum absolute atomic E-state index is 12.5. The van der Waals surface area contributed by atoms with E-state index in [4.69, 9.17) is 28.3 Å². The number of carboxylic acids is 1. The topological polar surface area (TPSA) is 72.9 Å². The predicted octanol–water partition coefficient (Wildman–Crippen LogP) is 2.80. The lowest BCUT2D eigenvalue weighted by Crippen LogP contribution is -2.50. The van der Waals surface area contributed by atoms with Gasteiger partial charge in [-0.05, 0) is 45.0 Å². The zero-order valence-electron chi connectivity index (χ0n) is 14.3. The molecule has 138 valence electrons. The third-order valence-electron chi connectivity index (χ3n) is 4.62. The van der Waals surface area contributed by atoms with Gasteiger partial charge in [0.1, 0.15) is 0 Å². The number of amides is 1. The molecule has 1 amide bonds. The fourth-order valence-electron chi connectivity index (χ4n) is 3.05. The summed E-state index contributed by atoms with van der Waals surface area (Å²) in [5.74, 6) is -0.961. The van der Waals surface area contributed by atoms with E-state index in [1.54, 1.807) is 18.2 Å². The van der Waals surface area contributed by atoms with E-state index >= 15 is 0 Å². The lowest BCUT2D eigenvalue weighted by molar-refractivity contribution is -0.138. The molecule has 2 N–H and O–H groups in total. The third kappa shape index (κ3) is 5.57. The molecule has 0 saturated carbocycles. The Bertz CT molecular complexity index is 634. The normalized spacial score (nSPS) is 17.5. The lowest BCUT2D eigenvalue weighted by atomic mass is 10.0. The van der Waals surface area contributed by atoms with Crippen molar-refractivity contribution in [3.63, 3.8) is 0 Å². The summed E-state index contributed by atoms with van der Waals surface area (Å²) in [6.45, 7) is 3.38. The number of carboxylic acid groups (broad SMARTS) is 1. The highest BCUT2D eigenvalue weighted by molar-refractivity contribution is 6.35.